The third-order valence-corrected chi connectivity index (χ3v) is 7.67. The number of para-hydroxylation sites is 1. The number of H-pyrrole nitrogens is 1. The number of aromatic amines is 1. The molecule has 5 rings (SSSR count). The van der Waals surface area contributed by atoms with Gasteiger partial charge in [-0.05, 0) is 59.0 Å². The van der Waals surface area contributed by atoms with Crippen LogP contribution in [0.25, 0.3) is 22.0 Å². The van der Waals surface area contributed by atoms with Gasteiger partial charge in [-0.1, -0.05) is 30.3 Å². The molecule has 1 aliphatic heterocycles. The van der Waals surface area contributed by atoms with Crippen LogP contribution < -0.4 is 14.2 Å². The molecule has 0 unspecified atom stereocenters. The van der Waals surface area contributed by atoms with Crippen molar-refractivity contribution in [2.24, 2.45) is 0 Å². The highest BCUT2D eigenvalue weighted by Gasteiger charge is 2.29. The van der Waals surface area contributed by atoms with Crippen molar-refractivity contribution >= 4 is 20.9 Å². The Morgan fingerprint density at radius 2 is 1.91 bits per heavy atom. The van der Waals surface area contributed by atoms with Crippen LogP contribution in [0.2, 0.25) is 0 Å². The molecule has 0 aliphatic carbocycles. The second-order valence-corrected chi connectivity index (χ2v) is 10.0. The van der Waals surface area contributed by atoms with Crippen LogP contribution in [0.4, 0.5) is 0 Å². The van der Waals surface area contributed by atoms with Crippen LogP contribution >= 0.6 is 0 Å². The van der Waals surface area contributed by atoms with Crippen molar-refractivity contribution in [3.05, 3.63) is 78.0 Å². The zero-order valence-electron chi connectivity index (χ0n) is 18.7. The van der Waals surface area contributed by atoms with Crippen molar-refractivity contribution in [3.8, 4) is 22.6 Å². The Morgan fingerprint density at radius 3 is 2.68 bits per heavy atom. The number of fused-ring (bicyclic) bond motifs is 2. The first-order chi connectivity index (χ1) is 16.5. The maximum absolute atomic E-state index is 13.5. The Hall–Kier alpha value is -3.33. The summed E-state index contributed by atoms with van der Waals surface area (Å²) in [5.74, 6) is 1.11. The molecule has 34 heavy (non-hydrogen) atoms. The normalized spacial score (nSPS) is 14.1. The van der Waals surface area contributed by atoms with E-state index in [1.807, 2.05) is 60.8 Å². The number of rotatable bonds is 8. The van der Waals surface area contributed by atoms with E-state index in [0.29, 0.717) is 25.2 Å². The van der Waals surface area contributed by atoms with Gasteiger partial charge in [0.2, 0.25) is 10.0 Å². The Labute approximate surface area is 198 Å². The number of hydrogen-bond acceptors (Lipinski definition) is 5. The van der Waals surface area contributed by atoms with Gasteiger partial charge in [0.1, 0.15) is 16.4 Å². The molecule has 0 amide bonds. The minimum absolute atomic E-state index is 0.0886. The van der Waals surface area contributed by atoms with Crippen LogP contribution in [0.1, 0.15) is 11.1 Å². The van der Waals surface area contributed by atoms with Crippen LogP contribution in [-0.2, 0) is 22.9 Å². The molecule has 3 aromatic carbocycles. The van der Waals surface area contributed by atoms with Crippen LogP contribution in [0, 0.1) is 0 Å². The van der Waals surface area contributed by atoms with Gasteiger partial charge in [0.05, 0.1) is 20.3 Å². The molecule has 1 aliphatic rings. The van der Waals surface area contributed by atoms with Crippen molar-refractivity contribution in [1.82, 2.24) is 9.71 Å². The summed E-state index contributed by atoms with van der Waals surface area (Å²) in [6, 6.07) is 18.2. The number of methoxy groups -OCH3 is 1. The van der Waals surface area contributed by atoms with Gasteiger partial charge in [0.25, 0.3) is 0 Å². The quantitative estimate of drug-likeness (QED) is 0.359. The fraction of sp³-hybridized carbons (Fsp3) is 0.231. The molecule has 2 heterocycles. The average molecular weight is 479 g/mol. The van der Waals surface area contributed by atoms with E-state index >= 15 is 0 Å². The average Bonchev–Trinajstić information content (AvgIpc) is 3.50. The number of aliphatic hydroxyl groups is 1. The first kappa shape index (κ1) is 22.5. The fourth-order valence-electron chi connectivity index (χ4n) is 4.41. The van der Waals surface area contributed by atoms with Crippen molar-refractivity contribution < 1.29 is 23.0 Å². The number of nitrogens with one attached hydrogen (secondary N) is 2. The molecule has 176 valence electrons. The van der Waals surface area contributed by atoms with E-state index in [2.05, 4.69) is 9.71 Å². The second kappa shape index (κ2) is 9.13. The van der Waals surface area contributed by atoms with Gasteiger partial charge in [0.15, 0.2) is 0 Å². The summed E-state index contributed by atoms with van der Waals surface area (Å²) in [5, 5.41) is 11.0. The van der Waals surface area contributed by atoms with Crippen LogP contribution in [0.5, 0.6) is 11.5 Å². The molecule has 8 heteroatoms. The van der Waals surface area contributed by atoms with Gasteiger partial charge < -0.3 is 19.6 Å². The molecular formula is C26H26N2O5S. The number of sulfonamides is 1. The summed E-state index contributed by atoms with van der Waals surface area (Å²) in [7, 11) is -2.36. The molecule has 0 fully saturated rings. The maximum Gasteiger partial charge on any atom is 0.244 e. The Morgan fingerprint density at radius 1 is 1.12 bits per heavy atom. The van der Waals surface area contributed by atoms with Gasteiger partial charge in [0, 0.05) is 29.6 Å². The number of aromatic nitrogens is 1. The molecule has 0 bridgehead atoms. The number of benzene rings is 3. The van der Waals surface area contributed by atoms with Gasteiger partial charge in [-0.3, -0.25) is 0 Å². The Balaban J connectivity index is 1.47. The number of hydrogen-bond donors (Lipinski definition) is 3. The number of aliphatic hydroxyl groups excluding tert-OH is 1. The summed E-state index contributed by atoms with van der Waals surface area (Å²) >= 11 is 0. The highest BCUT2D eigenvalue weighted by molar-refractivity contribution is 7.89. The minimum Gasteiger partial charge on any atom is -0.497 e. The monoisotopic (exact) mass is 478 g/mol. The fourth-order valence-corrected chi connectivity index (χ4v) is 5.85. The van der Waals surface area contributed by atoms with Crippen molar-refractivity contribution in [3.63, 3.8) is 0 Å². The zero-order chi connectivity index (χ0) is 23.7. The Kier molecular flexibility index (Phi) is 6.03. The highest BCUT2D eigenvalue weighted by Crippen LogP contribution is 2.38. The third kappa shape index (κ3) is 4.27. The van der Waals surface area contributed by atoms with E-state index < -0.39 is 16.1 Å². The topological polar surface area (TPSA) is 101 Å². The van der Waals surface area contributed by atoms with Crippen LogP contribution in [-0.4, -0.2) is 44.9 Å². The summed E-state index contributed by atoms with van der Waals surface area (Å²) in [6.45, 7) is 0.0998. The van der Waals surface area contributed by atoms with Gasteiger partial charge in [-0.2, -0.15) is 0 Å². The maximum atomic E-state index is 13.5. The summed E-state index contributed by atoms with van der Waals surface area (Å²) < 4.78 is 40.7. The molecular weight excluding hydrogens is 452 g/mol. The van der Waals surface area contributed by atoms with Crippen molar-refractivity contribution in [2.45, 2.75) is 23.8 Å². The van der Waals surface area contributed by atoms with E-state index in [9.17, 15) is 13.5 Å². The number of ether oxygens (including phenoxy) is 2. The van der Waals surface area contributed by atoms with Crippen LogP contribution in [0.15, 0.2) is 71.8 Å². The van der Waals surface area contributed by atoms with Crippen LogP contribution in [0.3, 0.4) is 0 Å². The molecule has 3 N–H and O–H groups in total. The molecule has 0 radical (unpaired) electrons. The molecule has 7 nitrogen and oxygen atoms in total. The third-order valence-electron chi connectivity index (χ3n) is 6.15. The summed E-state index contributed by atoms with van der Waals surface area (Å²) in [6.07, 6.45) is 2.84. The molecule has 1 aromatic heterocycles. The zero-order valence-corrected chi connectivity index (χ0v) is 19.6. The van der Waals surface area contributed by atoms with Crippen molar-refractivity contribution in [2.75, 3.05) is 20.3 Å². The predicted molar refractivity (Wildman–Crippen MR) is 131 cm³/mol. The van der Waals surface area contributed by atoms with E-state index in [0.717, 1.165) is 38.9 Å². The van der Waals surface area contributed by atoms with E-state index in [4.69, 9.17) is 9.47 Å². The molecule has 4 aromatic rings. The Bertz CT molecular complexity index is 1430. The van der Waals surface area contributed by atoms with Gasteiger partial charge in [-0.25, -0.2) is 13.1 Å². The molecule has 0 saturated carbocycles. The van der Waals surface area contributed by atoms with Gasteiger partial charge >= 0.3 is 0 Å². The lowest BCUT2D eigenvalue weighted by atomic mass is 10.0. The lowest BCUT2D eigenvalue weighted by Gasteiger charge is -2.18. The smallest absolute Gasteiger partial charge is 0.244 e. The second-order valence-electron chi connectivity index (χ2n) is 8.35. The lowest BCUT2D eigenvalue weighted by molar-refractivity contribution is 0.256. The van der Waals surface area contributed by atoms with E-state index in [1.165, 1.54) is 0 Å². The minimum atomic E-state index is -3.97. The summed E-state index contributed by atoms with van der Waals surface area (Å²) in [5.41, 5.74) is 4.42. The van der Waals surface area contributed by atoms with E-state index in [-0.39, 0.29) is 11.5 Å². The highest BCUT2D eigenvalue weighted by atomic mass is 32.2. The molecule has 0 saturated heterocycles. The van der Waals surface area contributed by atoms with Gasteiger partial charge in [-0.15, -0.1) is 0 Å². The largest absolute Gasteiger partial charge is 0.497 e. The molecule has 1 atom stereocenters. The molecule has 0 spiro atoms. The standard InChI is InChI=1S/C26H26N2O5S/c1-32-22-8-6-17(7-9-22)19-12-18-10-11-33-26(18)25(14-19)34(30,31)28-21(16-29)13-20-15-27-24-5-3-2-4-23(20)24/h2-9,12,14-15,21,27-29H,10-11,13,16H2,1H3/t21-/m1/s1. The lowest BCUT2D eigenvalue weighted by Crippen LogP contribution is -2.39. The predicted octanol–water partition coefficient (Wildman–Crippen LogP) is 3.66. The first-order valence-corrected chi connectivity index (χ1v) is 12.6. The SMILES string of the molecule is COc1ccc(-c2cc3c(c(S(=O)(=O)N[C@@H](CO)Cc4c[nH]c5ccccc45)c2)OCC3)cc1. The van der Waals surface area contributed by atoms with Crippen molar-refractivity contribution in [1.29, 1.82) is 0 Å². The summed E-state index contributed by atoms with van der Waals surface area (Å²) in [4.78, 5) is 3.28. The first-order valence-electron chi connectivity index (χ1n) is 11.1. The van der Waals surface area contributed by atoms with E-state index in [1.54, 1.807) is 13.2 Å².